The fraction of sp³-hybridized carbons (Fsp3) is 0.412. The molecule has 1 aromatic heterocycles. The molecule has 0 aliphatic carbocycles. The molecule has 3 rings (SSSR count). The van der Waals surface area contributed by atoms with Crippen molar-refractivity contribution in [2.75, 3.05) is 27.2 Å². The van der Waals surface area contributed by atoms with E-state index in [2.05, 4.69) is 11.8 Å². The average molecular weight is 300 g/mol. The predicted molar refractivity (Wildman–Crippen MR) is 85.0 cm³/mol. The van der Waals surface area contributed by atoms with Gasteiger partial charge < -0.3 is 14.2 Å². The topological polar surface area (TPSA) is 53.8 Å². The summed E-state index contributed by atoms with van der Waals surface area (Å²) in [4.78, 5) is 28.6. The Morgan fingerprint density at radius 2 is 2.00 bits per heavy atom. The highest BCUT2D eigenvalue weighted by molar-refractivity contribution is 5.93. The monoisotopic (exact) mass is 300 g/mol. The lowest BCUT2D eigenvalue weighted by molar-refractivity contribution is 0.0750. The van der Waals surface area contributed by atoms with Gasteiger partial charge >= 0.3 is 0 Å². The molecule has 1 fully saturated rings. The summed E-state index contributed by atoms with van der Waals surface area (Å²) in [6, 6.07) is 8.62. The number of likely N-dealkylation sites (N-methyl/N-ethyl adjacent to an activating group) is 1. The molecule has 0 N–H and O–H groups in total. The first-order valence-corrected chi connectivity index (χ1v) is 7.46. The maximum atomic E-state index is 12.6. The Kier molecular flexibility index (Phi) is 3.74. The molecule has 5 nitrogen and oxygen atoms in total. The number of hydrogen-bond donors (Lipinski definition) is 0. The van der Waals surface area contributed by atoms with Crippen LogP contribution in [0.4, 0.5) is 0 Å². The number of fused-ring (bicyclic) bond motifs is 1. The summed E-state index contributed by atoms with van der Waals surface area (Å²) in [6.07, 6.45) is 0. The molecule has 2 aromatic rings. The van der Waals surface area contributed by atoms with Crippen molar-refractivity contribution in [1.29, 1.82) is 0 Å². The van der Waals surface area contributed by atoms with E-state index < -0.39 is 0 Å². The Morgan fingerprint density at radius 1 is 1.27 bits per heavy atom. The van der Waals surface area contributed by atoms with E-state index in [1.807, 2.05) is 14.1 Å². The minimum Gasteiger partial charge on any atom is -0.451 e. The van der Waals surface area contributed by atoms with Gasteiger partial charge in [0.25, 0.3) is 5.91 Å². The van der Waals surface area contributed by atoms with E-state index in [0.717, 1.165) is 0 Å². The van der Waals surface area contributed by atoms with Crippen LogP contribution in [0, 0.1) is 5.92 Å². The molecular weight excluding hydrogens is 280 g/mol. The fourth-order valence-corrected chi connectivity index (χ4v) is 3.15. The lowest BCUT2D eigenvalue weighted by atomic mass is 10.1. The Balaban J connectivity index is 1.92. The Labute approximate surface area is 129 Å². The second-order valence-corrected chi connectivity index (χ2v) is 6.19. The maximum Gasteiger partial charge on any atom is 0.289 e. The highest BCUT2D eigenvalue weighted by atomic mass is 16.3. The molecule has 1 aliphatic heterocycles. The smallest absolute Gasteiger partial charge is 0.289 e. The summed E-state index contributed by atoms with van der Waals surface area (Å²) in [6.45, 7) is 3.47. The molecule has 2 atom stereocenters. The zero-order valence-electron chi connectivity index (χ0n) is 13.1. The lowest BCUT2D eigenvalue weighted by Gasteiger charge is -2.22. The first kappa shape index (κ1) is 14.8. The van der Waals surface area contributed by atoms with Gasteiger partial charge in [0.2, 0.25) is 0 Å². The van der Waals surface area contributed by atoms with Crippen molar-refractivity contribution in [3.63, 3.8) is 0 Å². The van der Waals surface area contributed by atoms with Gasteiger partial charge in [0.15, 0.2) is 11.2 Å². The largest absolute Gasteiger partial charge is 0.451 e. The number of amides is 1. The molecule has 22 heavy (non-hydrogen) atoms. The Hall–Kier alpha value is -2.14. The third-order valence-corrected chi connectivity index (χ3v) is 4.37. The molecule has 1 aromatic carbocycles. The van der Waals surface area contributed by atoms with Gasteiger partial charge in [-0.3, -0.25) is 9.59 Å². The van der Waals surface area contributed by atoms with Crippen LogP contribution in [-0.4, -0.2) is 48.9 Å². The third kappa shape index (κ3) is 2.52. The molecular formula is C17H20N2O3. The van der Waals surface area contributed by atoms with Crippen LogP contribution in [0.2, 0.25) is 0 Å². The number of carbonyl (C=O) groups excluding carboxylic acids is 1. The summed E-state index contributed by atoms with van der Waals surface area (Å²) < 4.78 is 5.64. The highest BCUT2D eigenvalue weighted by Gasteiger charge is 2.34. The average Bonchev–Trinajstić information content (AvgIpc) is 2.88. The van der Waals surface area contributed by atoms with E-state index in [1.165, 1.54) is 6.07 Å². The van der Waals surface area contributed by atoms with Gasteiger partial charge in [-0.25, -0.2) is 0 Å². The molecule has 2 unspecified atom stereocenters. The number of benzene rings is 1. The van der Waals surface area contributed by atoms with Gasteiger partial charge in [0.1, 0.15) is 5.58 Å². The molecule has 116 valence electrons. The number of carbonyl (C=O) groups is 1. The van der Waals surface area contributed by atoms with Crippen LogP contribution in [0.25, 0.3) is 11.0 Å². The fourth-order valence-electron chi connectivity index (χ4n) is 3.15. The van der Waals surface area contributed by atoms with E-state index in [-0.39, 0.29) is 17.1 Å². The van der Waals surface area contributed by atoms with Crippen LogP contribution in [0.3, 0.4) is 0 Å². The van der Waals surface area contributed by atoms with Crippen LogP contribution < -0.4 is 5.43 Å². The van der Waals surface area contributed by atoms with Crippen molar-refractivity contribution in [3.8, 4) is 0 Å². The Bertz CT molecular complexity index is 766. The summed E-state index contributed by atoms with van der Waals surface area (Å²) >= 11 is 0. The van der Waals surface area contributed by atoms with Gasteiger partial charge in [-0.2, -0.15) is 0 Å². The maximum absolute atomic E-state index is 12.6. The third-order valence-electron chi connectivity index (χ3n) is 4.37. The van der Waals surface area contributed by atoms with Gasteiger partial charge in [-0.15, -0.1) is 0 Å². The first-order valence-electron chi connectivity index (χ1n) is 7.46. The summed E-state index contributed by atoms with van der Waals surface area (Å²) in [5, 5.41) is 0.500. The predicted octanol–water partition coefficient (Wildman–Crippen LogP) is 1.82. The minimum absolute atomic E-state index is 0.121. The minimum atomic E-state index is -0.209. The summed E-state index contributed by atoms with van der Waals surface area (Å²) in [5.74, 6) is 0.306. The number of likely N-dealkylation sites (tertiary alicyclic amines) is 1. The van der Waals surface area contributed by atoms with E-state index >= 15 is 0 Å². The zero-order chi connectivity index (χ0) is 15.9. The molecule has 1 amide bonds. The van der Waals surface area contributed by atoms with E-state index in [1.54, 1.807) is 29.2 Å². The zero-order valence-corrected chi connectivity index (χ0v) is 13.1. The van der Waals surface area contributed by atoms with Crippen molar-refractivity contribution in [3.05, 3.63) is 46.3 Å². The molecule has 0 radical (unpaired) electrons. The summed E-state index contributed by atoms with van der Waals surface area (Å²) in [5.41, 5.74) is 0.274. The lowest BCUT2D eigenvalue weighted by Crippen LogP contribution is -2.36. The SMILES string of the molecule is CC1CN(C(=O)c2cc(=O)c3ccccc3o2)CC1N(C)C. The molecule has 1 saturated heterocycles. The van der Waals surface area contributed by atoms with Gasteiger partial charge in [-0.05, 0) is 32.1 Å². The van der Waals surface area contributed by atoms with Crippen molar-refractivity contribution in [1.82, 2.24) is 9.80 Å². The highest BCUT2D eigenvalue weighted by Crippen LogP contribution is 2.22. The number of nitrogens with zero attached hydrogens (tertiary/aromatic N) is 2. The molecule has 5 heteroatoms. The number of rotatable bonds is 2. The molecule has 2 heterocycles. The van der Waals surface area contributed by atoms with Gasteiger partial charge in [0.05, 0.1) is 5.39 Å². The van der Waals surface area contributed by atoms with E-state index in [0.29, 0.717) is 36.0 Å². The van der Waals surface area contributed by atoms with Crippen LogP contribution in [0.1, 0.15) is 17.5 Å². The molecule has 0 spiro atoms. The van der Waals surface area contributed by atoms with Crippen LogP contribution in [0.15, 0.2) is 39.5 Å². The van der Waals surface area contributed by atoms with E-state index in [9.17, 15) is 9.59 Å². The van der Waals surface area contributed by atoms with Crippen molar-refractivity contribution in [2.45, 2.75) is 13.0 Å². The van der Waals surface area contributed by atoms with Crippen LogP contribution in [-0.2, 0) is 0 Å². The van der Waals surface area contributed by atoms with Gasteiger partial charge in [0, 0.05) is 25.2 Å². The normalized spacial score (nSPS) is 21.7. The molecule has 0 bridgehead atoms. The van der Waals surface area contributed by atoms with Gasteiger partial charge in [-0.1, -0.05) is 19.1 Å². The second kappa shape index (κ2) is 5.57. The summed E-state index contributed by atoms with van der Waals surface area (Å²) in [7, 11) is 4.04. The quantitative estimate of drug-likeness (QED) is 0.849. The molecule has 1 aliphatic rings. The van der Waals surface area contributed by atoms with Crippen molar-refractivity contribution >= 4 is 16.9 Å². The Morgan fingerprint density at radius 3 is 2.68 bits per heavy atom. The van der Waals surface area contributed by atoms with Crippen LogP contribution in [0.5, 0.6) is 0 Å². The van der Waals surface area contributed by atoms with Crippen LogP contribution >= 0.6 is 0 Å². The number of hydrogen-bond acceptors (Lipinski definition) is 4. The standard InChI is InChI=1S/C17H20N2O3/c1-11-9-19(10-13(11)18(2)3)17(21)16-8-14(20)12-6-4-5-7-15(12)22-16/h4-8,11,13H,9-10H2,1-3H3. The van der Waals surface area contributed by atoms with Crippen molar-refractivity contribution in [2.24, 2.45) is 5.92 Å². The number of para-hydroxylation sites is 1. The second-order valence-electron chi connectivity index (χ2n) is 6.19. The van der Waals surface area contributed by atoms with E-state index in [4.69, 9.17) is 4.42 Å². The van der Waals surface area contributed by atoms with Crippen molar-refractivity contribution < 1.29 is 9.21 Å². The first-order chi connectivity index (χ1) is 10.5. The molecule has 0 saturated carbocycles.